The van der Waals surface area contributed by atoms with Gasteiger partial charge in [0, 0.05) is 44.2 Å². The predicted octanol–water partition coefficient (Wildman–Crippen LogP) is 5.03. The molecule has 6 nitrogen and oxygen atoms in total. The summed E-state index contributed by atoms with van der Waals surface area (Å²) in [6.45, 7) is 3.61. The molecule has 1 aliphatic rings. The van der Waals surface area contributed by atoms with Gasteiger partial charge in [-0.2, -0.15) is 0 Å². The van der Waals surface area contributed by atoms with Crippen molar-refractivity contribution in [1.82, 2.24) is 14.9 Å². The van der Waals surface area contributed by atoms with Crippen molar-refractivity contribution >= 4 is 17.4 Å². The van der Waals surface area contributed by atoms with Crippen molar-refractivity contribution in [2.75, 3.05) is 18.4 Å². The number of hydrogen-bond donors (Lipinski definition) is 1. The van der Waals surface area contributed by atoms with E-state index < -0.39 is 0 Å². The largest absolute Gasteiger partial charge is 0.439 e. The number of hydrogen-bond acceptors (Lipinski definition) is 5. The standard InChI is InChI=1S/C16H13N3O.C7H13NO/c1-3-11-17-15(5-1)19-13-7-9-14(10-8-13)20-16-6-2-4-12-18-16;1-7(9)8-5-3-2-4-6-8/h1-12H,(H,17,19);2-6H2,1H3. The third-order valence-electron chi connectivity index (χ3n) is 4.45. The summed E-state index contributed by atoms with van der Waals surface area (Å²) in [6, 6.07) is 19.0. The van der Waals surface area contributed by atoms with E-state index in [1.54, 1.807) is 19.3 Å². The number of pyridine rings is 2. The molecular weight excluding hydrogens is 364 g/mol. The molecule has 1 saturated heterocycles. The molecule has 1 fully saturated rings. The van der Waals surface area contributed by atoms with Crippen LogP contribution >= 0.6 is 0 Å². The van der Waals surface area contributed by atoms with E-state index in [0.29, 0.717) is 5.88 Å². The Bertz CT molecular complexity index is 804. The minimum atomic E-state index is 0.231. The monoisotopic (exact) mass is 390 g/mol. The lowest BCUT2D eigenvalue weighted by Gasteiger charge is -2.24. The number of aromatic nitrogens is 2. The lowest BCUT2D eigenvalue weighted by atomic mass is 10.1. The second-order valence-electron chi connectivity index (χ2n) is 6.70. The molecule has 0 saturated carbocycles. The van der Waals surface area contributed by atoms with Crippen LogP contribution in [-0.2, 0) is 4.79 Å². The predicted molar refractivity (Wildman–Crippen MR) is 114 cm³/mol. The van der Waals surface area contributed by atoms with Crippen LogP contribution < -0.4 is 10.1 Å². The van der Waals surface area contributed by atoms with Crippen molar-refractivity contribution in [3.8, 4) is 11.6 Å². The van der Waals surface area contributed by atoms with Gasteiger partial charge in [-0.3, -0.25) is 4.79 Å². The summed E-state index contributed by atoms with van der Waals surface area (Å²) >= 11 is 0. The zero-order valence-corrected chi connectivity index (χ0v) is 16.6. The first-order chi connectivity index (χ1) is 14.2. The first-order valence-electron chi connectivity index (χ1n) is 9.83. The summed E-state index contributed by atoms with van der Waals surface area (Å²) in [5, 5.41) is 3.21. The van der Waals surface area contributed by atoms with Crippen molar-refractivity contribution in [2.24, 2.45) is 0 Å². The van der Waals surface area contributed by atoms with Gasteiger partial charge in [-0.05, 0) is 61.7 Å². The number of likely N-dealkylation sites (tertiary alicyclic amines) is 1. The van der Waals surface area contributed by atoms with E-state index in [1.807, 2.05) is 65.6 Å². The third kappa shape index (κ3) is 6.92. The number of carbonyl (C=O) groups excluding carboxylic acids is 1. The molecule has 2 aromatic heterocycles. The third-order valence-corrected chi connectivity index (χ3v) is 4.45. The SMILES string of the molecule is CC(=O)N1CCCCC1.c1ccc(Nc2ccc(Oc3ccccn3)cc2)nc1. The maximum Gasteiger partial charge on any atom is 0.219 e. The molecule has 0 atom stereocenters. The number of amides is 1. The van der Waals surface area contributed by atoms with Crippen LogP contribution in [0.2, 0.25) is 0 Å². The Morgan fingerprint density at radius 3 is 2.14 bits per heavy atom. The Morgan fingerprint density at radius 2 is 1.59 bits per heavy atom. The fourth-order valence-electron chi connectivity index (χ4n) is 2.93. The zero-order valence-electron chi connectivity index (χ0n) is 16.6. The topological polar surface area (TPSA) is 67.4 Å². The van der Waals surface area contributed by atoms with Crippen molar-refractivity contribution in [3.63, 3.8) is 0 Å². The molecule has 1 amide bonds. The van der Waals surface area contributed by atoms with E-state index in [1.165, 1.54) is 19.3 Å². The Balaban J connectivity index is 0.000000224. The Labute approximate surface area is 171 Å². The molecule has 0 bridgehead atoms. The lowest BCUT2D eigenvalue weighted by molar-refractivity contribution is -0.129. The molecule has 4 rings (SSSR count). The van der Waals surface area contributed by atoms with Crippen LogP contribution in [0.1, 0.15) is 26.2 Å². The van der Waals surface area contributed by atoms with Crippen molar-refractivity contribution in [2.45, 2.75) is 26.2 Å². The van der Waals surface area contributed by atoms with E-state index in [2.05, 4.69) is 15.3 Å². The second kappa shape index (κ2) is 10.8. The van der Waals surface area contributed by atoms with Gasteiger partial charge in [0.1, 0.15) is 11.6 Å². The minimum absolute atomic E-state index is 0.231. The van der Waals surface area contributed by atoms with Gasteiger partial charge >= 0.3 is 0 Å². The van der Waals surface area contributed by atoms with E-state index in [9.17, 15) is 4.79 Å². The first-order valence-corrected chi connectivity index (χ1v) is 9.83. The average Bonchev–Trinajstić information content (AvgIpc) is 2.78. The molecule has 1 N–H and O–H groups in total. The molecule has 1 aliphatic heterocycles. The van der Waals surface area contributed by atoms with E-state index in [-0.39, 0.29) is 5.91 Å². The second-order valence-corrected chi connectivity index (χ2v) is 6.70. The van der Waals surface area contributed by atoms with Crippen molar-refractivity contribution < 1.29 is 9.53 Å². The summed E-state index contributed by atoms with van der Waals surface area (Å²) in [6.07, 6.45) is 7.14. The smallest absolute Gasteiger partial charge is 0.219 e. The van der Waals surface area contributed by atoms with Crippen LogP contribution in [0.5, 0.6) is 11.6 Å². The molecule has 29 heavy (non-hydrogen) atoms. The summed E-state index contributed by atoms with van der Waals surface area (Å²) in [5.74, 6) is 2.37. The lowest BCUT2D eigenvalue weighted by Crippen LogP contribution is -2.33. The minimum Gasteiger partial charge on any atom is -0.439 e. The molecule has 0 radical (unpaired) electrons. The van der Waals surface area contributed by atoms with Crippen LogP contribution in [0.15, 0.2) is 73.1 Å². The molecule has 150 valence electrons. The molecule has 3 heterocycles. The number of rotatable bonds is 4. The number of anilines is 2. The van der Waals surface area contributed by atoms with Crippen LogP contribution in [0.4, 0.5) is 11.5 Å². The van der Waals surface area contributed by atoms with E-state index >= 15 is 0 Å². The molecule has 0 unspecified atom stereocenters. The quantitative estimate of drug-likeness (QED) is 0.677. The summed E-state index contributed by atoms with van der Waals surface area (Å²) in [7, 11) is 0. The molecule has 6 heteroatoms. The fourth-order valence-corrected chi connectivity index (χ4v) is 2.93. The van der Waals surface area contributed by atoms with Crippen LogP contribution in [0.25, 0.3) is 0 Å². The number of carbonyl (C=O) groups is 1. The Morgan fingerprint density at radius 1 is 0.897 bits per heavy atom. The zero-order chi connectivity index (χ0) is 20.3. The van der Waals surface area contributed by atoms with E-state index in [4.69, 9.17) is 4.74 Å². The normalized spacial score (nSPS) is 13.1. The van der Waals surface area contributed by atoms with Gasteiger partial charge in [0.2, 0.25) is 11.8 Å². The van der Waals surface area contributed by atoms with Crippen molar-refractivity contribution in [3.05, 3.63) is 73.1 Å². The summed E-state index contributed by atoms with van der Waals surface area (Å²) in [5.41, 5.74) is 0.956. The van der Waals surface area contributed by atoms with Crippen molar-refractivity contribution in [1.29, 1.82) is 0 Å². The number of benzene rings is 1. The highest BCUT2D eigenvalue weighted by Gasteiger charge is 2.11. The van der Waals surface area contributed by atoms with Gasteiger partial charge in [-0.1, -0.05) is 12.1 Å². The number of nitrogens with zero attached hydrogens (tertiary/aromatic N) is 3. The van der Waals surface area contributed by atoms with Crippen LogP contribution in [0, 0.1) is 0 Å². The van der Waals surface area contributed by atoms with Gasteiger partial charge in [-0.25, -0.2) is 9.97 Å². The number of piperidine rings is 1. The first kappa shape index (κ1) is 20.3. The van der Waals surface area contributed by atoms with E-state index in [0.717, 1.165) is 30.3 Å². The maximum atomic E-state index is 10.7. The molecular formula is C23H26N4O2. The van der Waals surface area contributed by atoms with Gasteiger partial charge in [0.05, 0.1) is 0 Å². The highest BCUT2D eigenvalue weighted by molar-refractivity contribution is 5.73. The maximum absolute atomic E-state index is 10.7. The average molecular weight is 390 g/mol. The van der Waals surface area contributed by atoms with Crippen LogP contribution in [0.3, 0.4) is 0 Å². The summed E-state index contributed by atoms with van der Waals surface area (Å²) < 4.78 is 5.63. The van der Waals surface area contributed by atoms with Gasteiger partial charge in [0.15, 0.2) is 0 Å². The number of ether oxygens (including phenoxy) is 1. The molecule has 0 spiro atoms. The highest BCUT2D eigenvalue weighted by Crippen LogP contribution is 2.22. The van der Waals surface area contributed by atoms with Gasteiger partial charge < -0.3 is 15.0 Å². The van der Waals surface area contributed by atoms with Gasteiger partial charge in [-0.15, -0.1) is 0 Å². The number of nitrogens with one attached hydrogen (secondary N) is 1. The highest BCUT2D eigenvalue weighted by atomic mass is 16.5. The fraction of sp³-hybridized carbons (Fsp3) is 0.261. The molecule has 0 aliphatic carbocycles. The molecule has 3 aromatic rings. The van der Waals surface area contributed by atoms with Crippen LogP contribution in [-0.4, -0.2) is 33.9 Å². The Hall–Kier alpha value is -3.41. The summed E-state index contributed by atoms with van der Waals surface area (Å²) in [4.78, 5) is 21.0. The molecule has 1 aromatic carbocycles. The Kier molecular flexibility index (Phi) is 7.57. The van der Waals surface area contributed by atoms with Gasteiger partial charge in [0.25, 0.3) is 0 Å².